The Labute approximate surface area is 129 Å². The predicted octanol–water partition coefficient (Wildman–Crippen LogP) is 1.98. The van der Waals surface area contributed by atoms with Gasteiger partial charge in [-0.25, -0.2) is 18.5 Å². The molecule has 8 heteroatoms. The zero-order valence-corrected chi connectivity index (χ0v) is 13.1. The van der Waals surface area contributed by atoms with Gasteiger partial charge in [0.15, 0.2) is 5.82 Å². The van der Waals surface area contributed by atoms with Gasteiger partial charge in [0.25, 0.3) is 0 Å². The Morgan fingerprint density at radius 1 is 1.27 bits per heavy atom. The van der Waals surface area contributed by atoms with Crippen LogP contribution in [0.4, 0.5) is 0 Å². The monoisotopic (exact) mass is 322 g/mol. The zero-order valence-electron chi connectivity index (χ0n) is 12.3. The summed E-state index contributed by atoms with van der Waals surface area (Å²) in [5.41, 5.74) is 0.597. The molecule has 0 aliphatic heterocycles. The van der Waals surface area contributed by atoms with Crippen molar-refractivity contribution in [2.45, 2.75) is 43.4 Å². The highest BCUT2D eigenvalue weighted by Gasteiger charge is 2.21. The molecule has 2 aromatic rings. The molecule has 1 aliphatic rings. The second-order valence-electron chi connectivity index (χ2n) is 5.47. The maximum atomic E-state index is 11.5. The molecule has 1 aliphatic carbocycles. The number of ether oxygens (including phenoxy) is 1. The van der Waals surface area contributed by atoms with E-state index in [0.29, 0.717) is 11.4 Å². The number of nitrogens with zero attached hydrogens (tertiary/aromatic N) is 3. The van der Waals surface area contributed by atoms with E-state index in [4.69, 9.17) is 4.74 Å². The molecule has 0 atom stereocenters. The summed E-state index contributed by atoms with van der Waals surface area (Å²) in [6.45, 7) is 0. The van der Waals surface area contributed by atoms with Crippen LogP contribution in [-0.2, 0) is 9.84 Å². The van der Waals surface area contributed by atoms with Crippen molar-refractivity contribution >= 4 is 9.84 Å². The Kier molecular flexibility index (Phi) is 4.10. The van der Waals surface area contributed by atoms with Crippen molar-refractivity contribution < 1.29 is 13.2 Å². The number of H-pyrrole nitrogens is 1. The van der Waals surface area contributed by atoms with Gasteiger partial charge in [-0.2, -0.15) is 10.1 Å². The predicted molar refractivity (Wildman–Crippen MR) is 80.2 cm³/mol. The van der Waals surface area contributed by atoms with Gasteiger partial charge in [0.05, 0.1) is 5.56 Å². The molecule has 0 bridgehead atoms. The quantitative estimate of drug-likeness (QED) is 0.924. The third-order valence-electron chi connectivity index (χ3n) is 3.66. The van der Waals surface area contributed by atoms with Crippen LogP contribution < -0.4 is 4.74 Å². The maximum absolute atomic E-state index is 11.5. The number of hydrogen-bond acceptors (Lipinski definition) is 6. The minimum atomic E-state index is -3.42. The highest BCUT2D eigenvalue weighted by molar-refractivity contribution is 7.90. The number of sulfone groups is 1. The zero-order chi connectivity index (χ0) is 15.6. The van der Waals surface area contributed by atoms with Crippen LogP contribution in [0.1, 0.15) is 32.1 Å². The molecule has 0 amide bonds. The fourth-order valence-electron chi connectivity index (χ4n) is 2.53. The minimum Gasteiger partial charge on any atom is -0.474 e. The molecule has 2 aromatic heterocycles. The van der Waals surface area contributed by atoms with Gasteiger partial charge in [-0.3, -0.25) is 0 Å². The van der Waals surface area contributed by atoms with E-state index in [2.05, 4.69) is 20.2 Å². The van der Waals surface area contributed by atoms with E-state index < -0.39 is 9.84 Å². The first-order valence-electron chi connectivity index (χ1n) is 7.28. The van der Waals surface area contributed by atoms with Crippen molar-refractivity contribution in [1.29, 1.82) is 0 Å². The second-order valence-corrected chi connectivity index (χ2v) is 7.40. The Morgan fingerprint density at radius 2 is 2.05 bits per heavy atom. The third-order valence-corrected chi connectivity index (χ3v) is 4.54. The van der Waals surface area contributed by atoms with Gasteiger partial charge in [0.1, 0.15) is 6.10 Å². The van der Waals surface area contributed by atoms with Crippen LogP contribution in [0.2, 0.25) is 0 Å². The lowest BCUT2D eigenvalue weighted by Gasteiger charge is -2.23. The highest BCUT2D eigenvalue weighted by Crippen LogP contribution is 2.29. The molecule has 0 aromatic carbocycles. The van der Waals surface area contributed by atoms with Gasteiger partial charge in [-0.05, 0) is 37.8 Å². The van der Waals surface area contributed by atoms with Crippen LogP contribution in [0, 0.1) is 0 Å². The van der Waals surface area contributed by atoms with E-state index in [-0.39, 0.29) is 17.1 Å². The van der Waals surface area contributed by atoms with Crippen molar-refractivity contribution in [3.8, 4) is 17.3 Å². The first kappa shape index (κ1) is 15.0. The minimum absolute atomic E-state index is 0.149. The Bertz CT molecular complexity index is 751. The Balaban J connectivity index is 1.89. The average Bonchev–Trinajstić information content (AvgIpc) is 2.99. The van der Waals surface area contributed by atoms with Crippen molar-refractivity contribution in [1.82, 2.24) is 20.2 Å². The van der Waals surface area contributed by atoms with E-state index >= 15 is 0 Å². The van der Waals surface area contributed by atoms with Crippen LogP contribution in [0.15, 0.2) is 23.5 Å². The standard InChI is InChI=1S/C14H18N4O3S/c1-22(19,20)14-16-12(17-18-14)11-8-5-9-15-13(11)21-10-6-3-2-4-7-10/h5,8-10H,2-4,6-7H2,1H3,(H,16,17,18). The van der Waals surface area contributed by atoms with E-state index in [1.165, 1.54) is 6.42 Å². The molecule has 0 saturated heterocycles. The molecular formula is C14H18N4O3S. The molecule has 22 heavy (non-hydrogen) atoms. The maximum Gasteiger partial charge on any atom is 0.243 e. The van der Waals surface area contributed by atoms with Crippen molar-refractivity contribution in [3.63, 3.8) is 0 Å². The first-order valence-corrected chi connectivity index (χ1v) is 9.18. The van der Waals surface area contributed by atoms with Gasteiger partial charge in [0.2, 0.25) is 20.9 Å². The molecular weight excluding hydrogens is 304 g/mol. The SMILES string of the molecule is CS(=O)(=O)c1nc(-c2cccnc2OC2CCCCC2)n[nH]1. The molecule has 118 valence electrons. The average molecular weight is 322 g/mol. The molecule has 1 saturated carbocycles. The number of nitrogens with one attached hydrogen (secondary N) is 1. The lowest BCUT2D eigenvalue weighted by Crippen LogP contribution is -2.20. The molecule has 0 radical (unpaired) electrons. The normalized spacial score (nSPS) is 16.6. The summed E-state index contributed by atoms with van der Waals surface area (Å²) in [6.07, 6.45) is 8.46. The summed E-state index contributed by atoms with van der Waals surface area (Å²) in [6, 6.07) is 3.53. The van der Waals surface area contributed by atoms with E-state index in [9.17, 15) is 8.42 Å². The summed E-state index contributed by atoms with van der Waals surface area (Å²) >= 11 is 0. The summed E-state index contributed by atoms with van der Waals surface area (Å²) in [7, 11) is -3.42. The molecule has 0 unspecified atom stereocenters. The number of hydrogen-bond donors (Lipinski definition) is 1. The largest absolute Gasteiger partial charge is 0.474 e. The number of rotatable bonds is 4. The van der Waals surface area contributed by atoms with Crippen LogP contribution in [-0.4, -0.2) is 40.9 Å². The van der Waals surface area contributed by atoms with Crippen LogP contribution in [0.25, 0.3) is 11.4 Å². The van der Waals surface area contributed by atoms with E-state index in [0.717, 1.165) is 31.9 Å². The van der Waals surface area contributed by atoms with Crippen molar-refractivity contribution in [3.05, 3.63) is 18.3 Å². The molecule has 1 fully saturated rings. The lowest BCUT2D eigenvalue weighted by molar-refractivity contribution is 0.149. The first-order chi connectivity index (χ1) is 10.5. The smallest absolute Gasteiger partial charge is 0.243 e. The van der Waals surface area contributed by atoms with Crippen LogP contribution in [0.3, 0.4) is 0 Å². The van der Waals surface area contributed by atoms with Crippen LogP contribution >= 0.6 is 0 Å². The fourth-order valence-corrected chi connectivity index (χ4v) is 2.99. The molecule has 1 N–H and O–H groups in total. The highest BCUT2D eigenvalue weighted by atomic mass is 32.2. The molecule has 0 spiro atoms. The lowest BCUT2D eigenvalue weighted by atomic mass is 9.98. The van der Waals surface area contributed by atoms with Crippen molar-refractivity contribution in [2.24, 2.45) is 0 Å². The van der Waals surface area contributed by atoms with Crippen molar-refractivity contribution in [2.75, 3.05) is 6.26 Å². The topological polar surface area (TPSA) is 97.8 Å². The summed E-state index contributed by atoms with van der Waals surface area (Å²) < 4.78 is 29.0. The summed E-state index contributed by atoms with van der Waals surface area (Å²) in [5, 5.41) is 6.26. The van der Waals surface area contributed by atoms with E-state index in [1.54, 1.807) is 18.3 Å². The van der Waals surface area contributed by atoms with E-state index in [1.807, 2.05) is 0 Å². The number of pyridine rings is 1. The Hall–Kier alpha value is -1.96. The van der Waals surface area contributed by atoms with Gasteiger partial charge in [-0.15, -0.1) is 0 Å². The molecule has 3 rings (SSSR count). The van der Waals surface area contributed by atoms with Gasteiger partial charge < -0.3 is 4.74 Å². The Morgan fingerprint density at radius 3 is 2.73 bits per heavy atom. The molecule has 2 heterocycles. The third kappa shape index (κ3) is 3.27. The number of aromatic amines is 1. The van der Waals surface area contributed by atoms with Gasteiger partial charge in [-0.1, -0.05) is 6.42 Å². The fraction of sp³-hybridized carbons (Fsp3) is 0.500. The van der Waals surface area contributed by atoms with Crippen LogP contribution in [0.5, 0.6) is 5.88 Å². The second kappa shape index (κ2) is 6.04. The van der Waals surface area contributed by atoms with Gasteiger partial charge in [0, 0.05) is 12.5 Å². The molecule has 7 nitrogen and oxygen atoms in total. The van der Waals surface area contributed by atoms with Gasteiger partial charge >= 0.3 is 0 Å². The summed E-state index contributed by atoms with van der Waals surface area (Å²) in [4.78, 5) is 8.29. The summed E-state index contributed by atoms with van der Waals surface area (Å²) in [5.74, 6) is 0.729. The number of aromatic nitrogens is 4.